The molecule has 0 atom stereocenters. The molecule has 5 heteroatoms. The van der Waals surface area contributed by atoms with Crippen LogP contribution in [0.3, 0.4) is 0 Å². The normalized spacial score (nSPS) is 14.3. The van der Waals surface area contributed by atoms with Gasteiger partial charge in [0.05, 0.1) is 13.1 Å². The second-order valence-corrected chi connectivity index (χ2v) is 1.75. The summed E-state index contributed by atoms with van der Waals surface area (Å²) in [6.07, 6.45) is 1.17. The molecule has 0 amide bonds. The smallest absolute Gasteiger partial charge is 0.361 e. The molecule has 0 saturated carbocycles. The van der Waals surface area contributed by atoms with Crippen molar-refractivity contribution in [3.63, 3.8) is 0 Å². The predicted octanol–water partition coefficient (Wildman–Crippen LogP) is 1.44. The summed E-state index contributed by atoms with van der Waals surface area (Å²) in [6, 6.07) is 0. The third-order valence-electron chi connectivity index (χ3n) is 0.616. The van der Waals surface area contributed by atoms with Gasteiger partial charge in [-0.2, -0.15) is 10.2 Å². The largest absolute Gasteiger partial charge is 0.473 e. The highest BCUT2D eigenvalue weighted by molar-refractivity contribution is 7.96. The number of rotatable bonds is 0. The molecular formula is C4H8N2O2S. The van der Waals surface area contributed by atoms with E-state index in [4.69, 9.17) is 9.90 Å². The van der Waals surface area contributed by atoms with Gasteiger partial charge in [-0.1, -0.05) is 12.6 Å². The zero-order valence-corrected chi connectivity index (χ0v) is 5.71. The maximum atomic E-state index is 8.86. The Balaban J connectivity index is 0.000000148. The zero-order valence-electron chi connectivity index (χ0n) is 4.82. The molecule has 4 nitrogen and oxygen atoms in total. The Bertz CT molecular complexity index is 105. The number of carbonyl (C=O) groups is 1. The van der Waals surface area contributed by atoms with Crippen molar-refractivity contribution in [3.8, 4) is 0 Å². The topological polar surface area (TPSA) is 62.0 Å². The third kappa shape index (κ3) is 11.2. The molecule has 0 radical (unpaired) electrons. The van der Waals surface area contributed by atoms with Crippen molar-refractivity contribution in [1.29, 1.82) is 0 Å². The molecular weight excluding hydrogens is 140 g/mol. The van der Waals surface area contributed by atoms with E-state index in [0.29, 0.717) is 0 Å². The minimum Gasteiger partial charge on any atom is -0.473 e. The third-order valence-corrected chi connectivity index (χ3v) is 0.616. The van der Waals surface area contributed by atoms with Crippen LogP contribution in [0.5, 0.6) is 0 Å². The molecule has 9 heavy (non-hydrogen) atoms. The van der Waals surface area contributed by atoms with Crippen LogP contribution in [-0.4, -0.2) is 23.5 Å². The monoisotopic (exact) mass is 148 g/mol. The molecule has 0 aromatic rings. The SMILES string of the molecule is C1CN=NC1.O=C(O)S. The highest BCUT2D eigenvalue weighted by atomic mass is 32.1. The lowest BCUT2D eigenvalue weighted by Crippen LogP contribution is -1.68. The summed E-state index contributed by atoms with van der Waals surface area (Å²) in [6.45, 7) is 1.92. The zero-order chi connectivity index (χ0) is 7.11. The first kappa shape index (κ1) is 8.42. The van der Waals surface area contributed by atoms with Crippen LogP contribution in [0.15, 0.2) is 10.2 Å². The molecule has 52 valence electrons. The fourth-order valence-electron chi connectivity index (χ4n) is 0.354. The van der Waals surface area contributed by atoms with Crippen molar-refractivity contribution in [3.05, 3.63) is 0 Å². The number of nitrogens with zero attached hydrogens (tertiary/aromatic N) is 2. The summed E-state index contributed by atoms with van der Waals surface area (Å²) >= 11 is 2.88. The van der Waals surface area contributed by atoms with E-state index in [0.717, 1.165) is 13.1 Å². The minimum atomic E-state index is -1.14. The second kappa shape index (κ2) is 5.55. The van der Waals surface area contributed by atoms with Crippen molar-refractivity contribution in [1.82, 2.24) is 0 Å². The summed E-state index contributed by atoms with van der Waals surface area (Å²) < 4.78 is 0. The number of hydrogen-bond donors (Lipinski definition) is 2. The molecule has 1 aliphatic heterocycles. The van der Waals surface area contributed by atoms with Crippen LogP contribution in [0.1, 0.15) is 6.42 Å². The fourth-order valence-corrected chi connectivity index (χ4v) is 0.354. The van der Waals surface area contributed by atoms with E-state index in [1.807, 2.05) is 0 Å². The van der Waals surface area contributed by atoms with Crippen molar-refractivity contribution in [2.45, 2.75) is 6.42 Å². The minimum absolute atomic E-state index is 0.958. The number of carboxylic acid groups (broad SMARTS) is 1. The first-order chi connectivity index (χ1) is 4.23. The lowest BCUT2D eigenvalue weighted by Gasteiger charge is -1.63. The van der Waals surface area contributed by atoms with Gasteiger partial charge in [0.1, 0.15) is 0 Å². The average molecular weight is 148 g/mol. The van der Waals surface area contributed by atoms with Crippen LogP contribution in [0.4, 0.5) is 4.79 Å². The lowest BCUT2D eigenvalue weighted by molar-refractivity contribution is 0.222. The Morgan fingerprint density at radius 1 is 1.44 bits per heavy atom. The van der Waals surface area contributed by atoms with Crippen molar-refractivity contribution in [2.24, 2.45) is 10.2 Å². The molecule has 0 aliphatic carbocycles. The maximum Gasteiger partial charge on any atom is 0.361 e. The standard InChI is InChI=1S/C3H6N2.CH2O2S/c1-2-4-5-3-1;2-1(3)4/h1-3H2;4H,(H,2,3). The Morgan fingerprint density at radius 3 is 1.89 bits per heavy atom. The lowest BCUT2D eigenvalue weighted by atomic mass is 10.5. The van der Waals surface area contributed by atoms with E-state index in [1.165, 1.54) is 6.42 Å². The van der Waals surface area contributed by atoms with Gasteiger partial charge in [0.15, 0.2) is 0 Å². The van der Waals surface area contributed by atoms with E-state index < -0.39 is 5.30 Å². The quantitative estimate of drug-likeness (QED) is 0.510. The summed E-state index contributed by atoms with van der Waals surface area (Å²) in [5.41, 5.74) is 0. The fraction of sp³-hybridized carbons (Fsp3) is 0.750. The van der Waals surface area contributed by atoms with E-state index in [-0.39, 0.29) is 0 Å². The van der Waals surface area contributed by atoms with Gasteiger partial charge < -0.3 is 5.11 Å². The maximum absolute atomic E-state index is 8.86. The molecule has 0 fully saturated rings. The molecule has 1 heterocycles. The van der Waals surface area contributed by atoms with E-state index >= 15 is 0 Å². The van der Waals surface area contributed by atoms with Gasteiger partial charge in [0.2, 0.25) is 0 Å². The predicted molar refractivity (Wildman–Crippen MR) is 36.2 cm³/mol. The van der Waals surface area contributed by atoms with Crippen molar-refractivity contribution >= 4 is 17.9 Å². The van der Waals surface area contributed by atoms with Crippen LogP contribution in [0.2, 0.25) is 0 Å². The van der Waals surface area contributed by atoms with Gasteiger partial charge in [-0.15, -0.1) is 0 Å². The molecule has 0 spiro atoms. The van der Waals surface area contributed by atoms with Crippen molar-refractivity contribution < 1.29 is 9.90 Å². The van der Waals surface area contributed by atoms with Gasteiger partial charge in [0.25, 0.3) is 0 Å². The molecule has 0 unspecified atom stereocenters. The van der Waals surface area contributed by atoms with Crippen LogP contribution in [0, 0.1) is 0 Å². The summed E-state index contributed by atoms with van der Waals surface area (Å²) in [5.74, 6) is 0. The molecule has 0 aromatic carbocycles. The molecule has 1 rings (SSSR count). The summed E-state index contributed by atoms with van der Waals surface area (Å²) in [7, 11) is 0. The molecule has 0 bridgehead atoms. The van der Waals surface area contributed by atoms with Crippen molar-refractivity contribution in [2.75, 3.05) is 13.1 Å². The Morgan fingerprint density at radius 2 is 1.78 bits per heavy atom. The molecule has 1 aliphatic rings. The first-order valence-corrected chi connectivity index (χ1v) is 2.93. The van der Waals surface area contributed by atoms with Gasteiger partial charge in [-0.25, -0.2) is 4.79 Å². The molecule has 0 saturated heterocycles. The Kier molecular flexibility index (Phi) is 5.20. The summed E-state index contributed by atoms with van der Waals surface area (Å²) in [4.78, 5) is 8.86. The molecule has 0 aromatic heterocycles. The van der Waals surface area contributed by atoms with Gasteiger partial charge >= 0.3 is 5.30 Å². The van der Waals surface area contributed by atoms with Gasteiger partial charge in [-0.05, 0) is 6.42 Å². The number of azo groups is 1. The van der Waals surface area contributed by atoms with Gasteiger partial charge in [-0.3, -0.25) is 0 Å². The average Bonchev–Trinajstić information content (AvgIpc) is 2.11. The van der Waals surface area contributed by atoms with Crippen LogP contribution in [-0.2, 0) is 0 Å². The van der Waals surface area contributed by atoms with E-state index in [9.17, 15) is 0 Å². The molecule has 1 N–H and O–H groups in total. The number of thiol groups is 1. The first-order valence-electron chi connectivity index (χ1n) is 2.48. The number of hydrogen-bond acceptors (Lipinski definition) is 3. The highest BCUT2D eigenvalue weighted by Crippen LogP contribution is 1.91. The Hall–Kier alpha value is -0.580. The van der Waals surface area contributed by atoms with Crippen LogP contribution in [0.25, 0.3) is 0 Å². The van der Waals surface area contributed by atoms with Crippen LogP contribution >= 0.6 is 12.6 Å². The summed E-state index contributed by atoms with van der Waals surface area (Å²) in [5, 5.41) is 13.6. The van der Waals surface area contributed by atoms with Gasteiger partial charge in [0, 0.05) is 0 Å². The van der Waals surface area contributed by atoms with Crippen LogP contribution < -0.4 is 0 Å². The van der Waals surface area contributed by atoms with E-state index in [1.54, 1.807) is 0 Å². The van der Waals surface area contributed by atoms with E-state index in [2.05, 4.69) is 22.9 Å². The Labute approximate surface area is 58.4 Å². The highest BCUT2D eigenvalue weighted by Gasteiger charge is 1.87. The second-order valence-electron chi connectivity index (χ2n) is 1.37.